The number of fused-ring (bicyclic) bond motifs is 1. The lowest BCUT2D eigenvalue weighted by atomic mass is 9.99. The van der Waals surface area contributed by atoms with E-state index in [1.54, 1.807) is 30.3 Å². The molecule has 3 heterocycles. The molecule has 172 valence electrons. The van der Waals surface area contributed by atoms with Crippen LogP contribution in [0.4, 0.5) is 11.4 Å². The van der Waals surface area contributed by atoms with Crippen molar-refractivity contribution < 1.29 is 14.2 Å². The maximum Gasteiger partial charge on any atom is 0.271 e. The Morgan fingerprint density at radius 3 is 2.68 bits per heavy atom. The maximum atomic E-state index is 13.5. The molecule has 34 heavy (non-hydrogen) atoms. The molecule has 0 N–H and O–H groups in total. The summed E-state index contributed by atoms with van der Waals surface area (Å²) < 4.78 is 5.45. The van der Waals surface area contributed by atoms with Gasteiger partial charge in [-0.15, -0.1) is 0 Å². The van der Waals surface area contributed by atoms with Gasteiger partial charge in [-0.05, 0) is 24.4 Å². The lowest BCUT2D eigenvalue weighted by molar-refractivity contribution is -0.384. The molecule has 5 rings (SSSR count). The second kappa shape index (κ2) is 8.75. The van der Waals surface area contributed by atoms with Gasteiger partial charge in [0.05, 0.1) is 15.6 Å². The highest BCUT2D eigenvalue weighted by atomic mass is 35.5. The van der Waals surface area contributed by atoms with Crippen LogP contribution in [0.5, 0.6) is 0 Å². The van der Waals surface area contributed by atoms with E-state index in [-0.39, 0.29) is 11.6 Å². The van der Waals surface area contributed by atoms with Crippen LogP contribution in [-0.2, 0) is 0 Å². The minimum Gasteiger partial charge on any atom is -0.367 e. The van der Waals surface area contributed by atoms with Crippen LogP contribution < -0.4 is 4.90 Å². The van der Waals surface area contributed by atoms with E-state index in [0.29, 0.717) is 53.9 Å². The van der Waals surface area contributed by atoms with Crippen LogP contribution >= 0.6 is 11.6 Å². The second-order valence-electron chi connectivity index (χ2n) is 8.04. The van der Waals surface area contributed by atoms with Crippen molar-refractivity contribution in [3.63, 3.8) is 0 Å². The molecule has 0 aliphatic carbocycles. The summed E-state index contributed by atoms with van der Waals surface area (Å²) in [5, 5.41) is 17.4. The minimum atomic E-state index is -0.475. The molecule has 1 fully saturated rings. The summed E-state index contributed by atoms with van der Waals surface area (Å²) in [7, 11) is 0. The van der Waals surface area contributed by atoms with Crippen molar-refractivity contribution in [3.8, 4) is 11.3 Å². The number of carbonyl (C=O) groups is 1. The van der Waals surface area contributed by atoms with E-state index in [0.717, 1.165) is 16.3 Å². The molecule has 2 aromatic carbocycles. The number of halogens is 1. The molecule has 0 radical (unpaired) electrons. The van der Waals surface area contributed by atoms with Crippen molar-refractivity contribution >= 4 is 39.7 Å². The van der Waals surface area contributed by atoms with E-state index < -0.39 is 4.92 Å². The molecule has 0 saturated carbocycles. The van der Waals surface area contributed by atoms with Crippen LogP contribution in [0, 0.1) is 17.0 Å². The third kappa shape index (κ3) is 3.84. The van der Waals surface area contributed by atoms with E-state index in [9.17, 15) is 14.9 Å². The molecular formula is C24H20ClN5O4. The largest absolute Gasteiger partial charge is 0.367 e. The van der Waals surface area contributed by atoms with E-state index >= 15 is 0 Å². The zero-order valence-corrected chi connectivity index (χ0v) is 19.0. The molecule has 1 aliphatic rings. The van der Waals surface area contributed by atoms with Gasteiger partial charge in [-0.25, -0.2) is 0 Å². The number of non-ortho nitro benzene ring substituents is 1. The first-order chi connectivity index (χ1) is 16.4. The fourth-order valence-corrected chi connectivity index (χ4v) is 4.61. The van der Waals surface area contributed by atoms with Gasteiger partial charge in [0.1, 0.15) is 17.0 Å². The minimum absolute atomic E-state index is 0.0535. The Labute approximate surface area is 199 Å². The number of amides is 1. The van der Waals surface area contributed by atoms with Gasteiger partial charge in [-0.2, -0.15) is 0 Å². The van der Waals surface area contributed by atoms with Crippen molar-refractivity contribution in [3.05, 3.63) is 81.3 Å². The monoisotopic (exact) mass is 477 g/mol. The summed E-state index contributed by atoms with van der Waals surface area (Å²) in [6, 6.07) is 12.1. The van der Waals surface area contributed by atoms with E-state index in [4.69, 9.17) is 16.1 Å². The molecule has 10 heteroatoms. The van der Waals surface area contributed by atoms with Gasteiger partial charge in [0.25, 0.3) is 11.6 Å². The number of rotatable bonds is 4. The molecule has 0 bridgehead atoms. The fraction of sp³-hybridized carbons (Fsp3) is 0.208. The van der Waals surface area contributed by atoms with Gasteiger partial charge in [0.2, 0.25) is 0 Å². The van der Waals surface area contributed by atoms with Crippen LogP contribution in [0.3, 0.4) is 0 Å². The number of hydrogen-bond donors (Lipinski definition) is 0. The fourth-order valence-electron chi connectivity index (χ4n) is 4.31. The standard InChI is InChI=1S/C24H20ClN5O4/c1-15-22(23(27-34-15)19-4-2-3-16-14-26-8-7-18(16)19)24(31)29-11-9-28(10-12-29)21-6-5-17(30(32)33)13-20(21)25/h2-8,13-14H,9-12H2,1H3. The first-order valence-corrected chi connectivity index (χ1v) is 11.1. The number of aromatic nitrogens is 2. The highest BCUT2D eigenvalue weighted by Gasteiger charge is 2.30. The summed E-state index contributed by atoms with van der Waals surface area (Å²) >= 11 is 6.29. The quantitative estimate of drug-likeness (QED) is 0.309. The summed E-state index contributed by atoms with van der Waals surface area (Å²) in [6.07, 6.45) is 3.48. The van der Waals surface area contributed by atoms with E-state index in [2.05, 4.69) is 10.1 Å². The van der Waals surface area contributed by atoms with E-state index in [1.165, 1.54) is 12.1 Å². The van der Waals surface area contributed by atoms with Crippen LogP contribution in [0.15, 0.2) is 59.4 Å². The number of aryl methyl sites for hydroxylation is 1. The van der Waals surface area contributed by atoms with E-state index in [1.807, 2.05) is 29.2 Å². The molecule has 2 aromatic heterocycles. The predicted molar refractivity (Wildman–Crippen MR) is 128 cm³/mol. The Bertz CT molecular complexity index is 1410. The van der Waals surface area contributed by atoms with Crippen molar-refractivity contribution in [1.82, 2.24) is 15.0 Å². The van der Waals surface area contributed by atoms with Gasteiger partial charge >= 0.3 is 0 Å². The number of nitrogens with zero attached hydrogens (tertiary/aromatic N) is 5. The second-order valence-corrected chi connectivity index (χ2v) is 8.44. The van der Waals surface area contributed by atoms with Crippen molar-refractivity contribution in [2.24, 2.45) is 0 Å². The smallest absolute Gasteiger partial charge is 0.271 e. The van der Waals surface area contributed by atoms with Gasteiger partial charge in [-0.3, -0.25) is 19.9 Å². The average molecular weight is 478 g/mol. The van der Waals surface area contributed by atoms with Crippen molar-refractivity contribution in [1.29, 1.82) is 0 Å². The van der Waals surface area contributed by atoms with Crippen LogP contribution in [0.25, 0.3) is 22.0 Å². The Hall–Kier alpha value is -3.98. The van der Waals surface area contributed by atoms with Crippen LogP contribution in [0.2, 0.25) is 5.02 Å². The third-order valence-electron chi connectivity index (χ3n) is 6.06. The molecule has 1 aliphatic heterocycles. The normalized spacial score (nSPS) is 13.9. The molecule has 4 aromatic rings. The molecule has 9 nitrogen and oxygen atoms in total. The molecular weight excluding hydrogens is 458 g/mol. The van der Waals surface area contributed by atoms with Gasteiger partial charge < -0.3 is 14.3 Å². The SMILES string of the molecule is Cc1onc(-c2cccc3cnccc23)c1C(=O)N1CCN(c2ccc([N+](=O)[O-])cc2Cl)CC1. The Morgan fingerprint density at radius 2 is 1.94 bits per heavy atom. The zero-order chi connectivity index (χ0) is 23.8. The summed E-state index contributed by atoms with van der Waals surface area (Å²) in [6.45, 7) is 3.76. The topological polar surface area (TPSA) is 106 Å². The lowest BCUT2D eigenvalue weighted by Crippen LogP contribution is -2.49. The molecule has 0 unspecified atom stereocenters. The van der Waals surface area contributed by atoms with Crippen molar-refractivity contribution in [2.75, 3.05) is 31.1 Å². The highest BCUT2D eigenvalue weighted by molar-refractivity contribution is 6.33. The predicted octanol–water partition coefficient (Wildman–Crippen LogP) is 4.72. The molecule has 0 spiro atoms. The number of benzene rings is 2. The number of pyridine rings is 1. The Balaban J connectivity index is 1.38. The van der Waals surface area contributed by atoms with Gasteiger partial charge in [-0.1, -0.05) is 35.0 Å². The summed E-state index contributed by atoms with van der Waals surface area (Å²) in [5.74, 6) is 0.321. The molecule has 0 atom stereocenters. The Morgan fingerprint density at radius 1 is 1.15 bits per heavy atom. The number of hydrogen-bond acceptors (Lipinski definition) is 7. The van der Waals surface area contributed by atoms with Gasteiger partial charge in [0, 0.05) is 61.7 Å². The number of carbonyl (C=O) groups excluding carboxylic acids is 1. The summed E-state index contributed by atoms with van der Waals surface area (Å²) in [5.41, 5.74) is 2.44. The Kier molecular flexibility index (Phi) is 5.62. The zero-order valence-electron chi connectivity index (χ0n) is 18.3. The number of nitro groups is 1. The molecule has 1 saturated heterocycles. The first kappa shape index (κ1) is 21.8. The van der Waals surface area contributed by atoms with Crippen LogP contribution in [0.1, 0.15) is 16.1 Å². The number of anilines is 1. The van der Waals surface area contributed by atoms with Crippen LogP contribution in [-0.4, -0.2) is 52.1 Å². The van der Waals surface area contributed by atoms with Crippen molar-refractivity contribution in [2.45, 2.75) is 6.92 Å². The van der Waals surface area contributed by atoms with Gasteiger partial charge in [0.15, 0.2) is 0 Å². The number of nitro benzene ring substituents is 1. The average Bonchev–Trinajstić information content (AvgIpc) is 3.24. The lowest BCUT2D eigenvalue weighted by Gasteiger charge is -2.36. The summed E-state index contributed by atoms with van der Waals surface area (Å²) in [4.78, 5) is 32.0. The highest BCUT2D eigenvalue weighted by Crippen LogP contribution is 2.33. The molecule has 1 amide bonds. The number of piperazine rings is 1. The first-order valence-electron chi connectivity index (χ1n) is 10.7. The third-order valence-corrected chi connectivity index (χ3v) is 6.36. The maximum absolute atomic E-state index is 13.5.